The number of nitrogens with two attached hydrogens (primary N) is 1. The lowest BCUT2D eigenvalue weighted by atomic mass is 10.0. The number of carbonyl (C=O) groups excluding carboxylic acids is 3. The Balaban J connectivity index is 2.76. The molecular weight excluding hydrogens is 412 g/mol. The Morgan fingerprint density at radius 1 is 1.03 bits per heavy atom. The fraction of sp³-hybridized carbons (Fsp3) is 0.556. The van der Waals surface area contributed by atoms with Crippen molar-refractivity contribution in [2.24, 2.45) is 11.7 Å². The van der Waals surface area contributed by atoms with E-state index in [-0.39, 0.29) is 6.42 Å². The van der Waals surface area contributed by atoms with E-state index in [0.29, 0.717) is 5.69 Å². The van der Waals surface area contributed by atoms with Crippen LogP contribution in [0.3, 0.4) is 0 Å². The van der Waals surface area contributed by atoms with E-state index >= 15 is 0 Å². The van der Waals surface area contributed by atoms with Crippen LogP contribution in [0, 0.1) is 5.92 Å². The van der Waals surface area contributed by atoms with Gasteiger partial charge in [0.15, 0.2) is 0 Å². The van der Waals surface area contributed by atoms with E-state index in [1.54, 1.807) is 13.8 Å². The highest BCUT2D eigenvalue weighted by Crippen LogP contribution is 2.03. The molecule has 31 heavy (non-hydrogen) atoms. The van der Waals surface area contributed by atoms with Gasteiger partial charge in [-0.05, 0) is 12.8 Å². The fourth-order valence-electron chi connectivity index (χ4n) is 2.56. The number of hydrogen-bond acceptors (Lipinski definition) is 7. The predicted octanol–water partition coefficient (Wildman–Crippen LogP) is -2.03. The van der Waals surface area contributed by atoms with Crippen molar-refractivity contribution in [1.82, 2.24) is 25.9 Å². The number of carbonyl (C=O) groups is 5. The number of imidazole rings is 1. The van der Waals surface area contributed by atoms with E-state index in [9.17, 15) is 24.0 Å². The number of hydrogen-bond donors (Lipinski definition) is 7. The van der Waals surface area contributed by atoms with Gasteiger partial charge in [0, 0.05) is 18.3 Å². The molecule has 0 saturated carbocycles. The first kappa shape index (κ1) is 25.6. The molecule has 0 radical (unpaired) electrons. The molecule has 0 aliphatic rings. The van der Waals surface area contributed by atoms with Crippen LogP contribution in [0.5, 0.6) is 0 Å². The Morgan fingerprint density at radius 3 is 2.16 bits per heavy atom. The number of aromatic nitrogens is 2. The summed E-state index contributed by atoms with van der Waals surface area (Å²) in [4.78, 5) is 65.9. The molecular formula is C18H28N6O7. The summed E-state index contributed by atoms with van der Waals surface area (Å²) in [6, 6.07) is -4.91. The average Bonchev–Trinajstić information content (AvgIpc) is 3.17. The topological polar surface area (TPSA) is 217 Å². The Kier molecular flexibility index (Phi) is 9.60. The van der Waals surface area contributed by atoms with Crippen LogP contribution in [0.15, 0.2) is 12.5 Å². The zero-order chi connectivity index (χ0) is 23.7. The van der Waals surface area contributed by atoms with E-state index < -0.39 is 66.2 Å². The third kappa shape index (κ3) is 8.42. The Labute approximate surface area is 178 Å². The molecule has 172 valence electrons. The highest BCUT2D eigenvalue weighted by molar-refractivity contribution is 5.95. The van der Waals surface area contributed by atoms with E-state index in [2.05, 4.69) is 25.9 Å². The molecule has 0 saturated heterocycles. The fourth-order valence-corrected chi connectivity index (χ4v) is 2.56. The van der Waals surface area contributed by atoms with Crippen LogP contribution in [0.2, 0.25) is 0 Å². The van der Waals surface area contributed by atoms with Crippen molar-refractivity contribution in [3.63, 3.8) is 0 Å². The lowest BCUT2D eigenvalue weighted by Crippen LogP contribution is -2.57. The maximum atomic E-state index is 12.5. The van der Waals surface area contributed by atoms with Gasteiger partial charge >= 0.3 is 11.9 Å². The van der Waals surface area contributed by atoms with Gasteiger partial charge in [-0.1, -0.05) is 13.8 Å². The second-order valence-electron chi connectivity index (χ2n) is 7.35. The van der Waals surface area contributed by atoms with Gasteiger partial charge in [0.2, 0.25) is 17.7 Å². The first-order valence-electron chi connectivity index (χ1n) is 9.50. The molecule has 0 fully saturated rings. The Hall–Kier alpha value is -3.48. The number of amides is 3. The lowest BCUT2D eigenvalue weighted by molar-refractivity contribution is -0.144. The van der Waals surface area contributed by atoms with Gasteiger partial charge in [0.25, 0.3) is 0 Å². The molecule has 1 aromatic rings. The van der Waals surface area contributed by atoms with Crippen molar-refractivity contribution >= 4 is 29.7 Å². The number of carboxylic acids is 2. The number of H-pyrrole nitrogens is 1. The summed E-state index contributed by atoms with van der Waals surface area (Å²) < 4.78 is 0. The molecule has 0 aromatic carbocycles. The monoisotopic (exact) mass is 440 g/mol. The largest absolute Gasteiger partial charge is 0.481 e. The number of nitrogens with zero attached hydrogens (tertiary/aromatic N) is 1. The second kappa shape index (κ2) is 11.6. The molecule has 8 N–H and O–H groups in total. The highest BCUT2D eigenvalue weighted by atomic mass is 16.4. The van der Waals surface area contributed by atoms with E-state index in [1.165, 1.54) is 19.4 Å². The van der Waals surface area contributed by atoms with Crippen LogP contribution in [0.4, 0.5) is 0 Å². The van der Waals surface area contributed by atoms with Crippen molar-refractivity contribution in [2.75, 3.05) is 0 Å². The molecule has 3 amide bonds. The molecule has 0 spiro atoms. The van der Waals surface area contributed by atoms with Gasteiger partial charge in [-0.15, -0.1) is 0 Å². The van der Waals surface area contributed by atoms with Crippen LogP contribution < -0.4 is 21.7 Å². The third-order valence-electron chi connectivity index (χ3n) is 4.33. The SMILES string of the molecule is CC(NC(=O)C(CC(=O)O)NC(=O)C(N)Cc1cnc[nH]1)C(=O)NC(C(=O)O)C(C)C. The van der Waals surface area contributed by atoms with Crippen LogP contribution >= 0.6 is 0 Å². The van der Waals surface area contributed by atoms with Crippen molar-refractivity contribution in [3.05, 3.63) is 18.2 Å². The van der Waals surface area contributed by atoms with Crippen LogP contribution in [0.25, 0.3) is 0 Å². The highest BCUT2D eigenvalue weighted by Gasteiger charge is 2.30. The number of aliphatic carboxylic acids is 2. The van der Waals surface area contributed by atoms with Gasteiger partial charge < -0.3 is 36.9 Å². The van der Waals surface area contributed by atoms with E-state index in [0.717, 1.165) is 0 Å². The third-order valence-corrected chi connectivity index (χ3v) is 4.33. The molecule has 13 heteroatoms. The average molecular weight is 440 g/mol. The molecule has 4 atom stereocenters. The van der Waals surface area contributed by atoms with Gasteiger partial charge in [-0.3, -0.25) is 19.2 Å². The molecule has 4 unspecified atom stereocenters. The minimum absolute atomic E-state index is 0.0812. The summed E-state index contributed by atoms with van der Waals surface area (Å²) in [7, 11) is 0. The quantitative estimate of drug-likeness (QED) is 0.190. The van der Waals surface area contributed by atoms with E-state index in [1.807, 2.05) is 0 Å². The van der Waals surface area contributed by atoms with Crippen molar-refractivity contribution < 1.29 is 34.2 Å². The number of nitrogens with one attached hydrogen (secondary N) is 4. The van der Waals surface area contributed by atoms with Crippen LogP contribution in [0.1, 0.15) is 32.9 Å². The normalized spacial score (nSPS) is 14.7. The maximum absolute atomic E-state index is 12.5. The molecule has 0 aliphatic heterocycles. The predicted molar refractivity (Wildman–Crippen MR) is 106 cm³/mol. The summed E-state index contributed by atoms with van der Waals surface area (Å²) in [5.74, 6) is -5.46. The minimum Gasteiger partial charge on any atom is -0.481 e. The molecule has 13 nitrogen and oxygen atoms in total. The number of aromatic amines is 1. The summed E-state index contributed by atoms with van der Waals surface area (Å²) in [5, 5.41) is 25.1. The first-order valence-corrected chi connectivity index (χ1v) is 9.50. The number of rotatable bonds is 12. The zero-order valence-electron chi connectivity index (χ0n) is 17.4. The van der Waals surface area contributed by atoms with Crippen LogP contribution in [-0.2, 0) is 30.4 Å². The Morgan fingerprint density at radius 2 is 1.68 bits per heavy atom. The zero-order valence-corrected chi connectivity index (χ0v) is 17.4. The van der Waals surface area contributed by atoms with Crippen molar-refractivity contribution in [1.29, 1.82) is 0 Å². The maximum Gasteiger partial charge on any atom is 0.326 e. The van der Waals surface area contributed by atoms with Crippen LogP contribution in [-0.4, -0.2) is 74.0 Å². The lowest BCUT2D eigenvalue weighted by Gasteiger charge is -2.23. The first-order chi connectivity index (χ1) is 14.4. The van der Waals surface area contributed by atoms with Gasteiger partial charge in [-0.2, -0.15) is 0 Å². The van der Waals surface area contributed by atoms with E-state index in [4.69, 9.17) is 15.9 Å². The second-order valence-corrected chi connectivity index (χ2v) is 7.35. The molecule has 1 rings (SSSR count). The summed E-state index contributed by atoms with van der Waals surface area (Å²) in [6.45, 7) is 4.51. The Bertz CT molecular complexity index is 795. The standard InChI is InChI=1S/C18H28N6O7/c1-8(2)14(18(30)31)24-15(27)9(3)22-17(29)12(5-13(25)26)23-16(28)11(19)4-10-6-20-7-21-10/h6-9,11-12,14H,4-5,19H2,1-3H3,(H,20,21)(H,22,29)(H,23,28)(H,24,27)(H,25,26)(H,30,31). The minimum atomic E-state index is -1.49. The molecule has 1 heterocycles. The summed E-state index contributed by atoms with van der Waals surface area (Å²) >= 11 is 0. The van der Waals surface area contributed by atoms with Gasteiger partial charge in [0.1, 0.15) is 18.1 Å². The van der Waals surface area contributed by atoms with Gasteiger partial charge in [0.05, 0.1) is 18.8 Å². The smallest absolute Gasteiger partial charge is 0.326 e. The van der Waals surface area contributed by atoms with Crippen molar-refractivity contribution in [3.8, 4) is 0 Å². The summed E-state index contributed by atoms with van der Waals surface area (Å²) in [6.07, 6.45) is 2.21. The van der Waals surface area contributed by atoms with Gasteiger partial charge in [-0.25, -0.2) is 9.78 Å². The van der Waals surface area contributed by atoms with Crippen molar-refractivity contribution in [2.45, 2.75) is 57.8 Å². The summed E-state index contributed by atoms with van der Waals surface area (Å²) in [5.41, 5.74) is 6.36. The number of carboxylic acid groups (broad SMARTS) is 2. The molecule has 0 aliphatic carbocycles. The molecule has 0 bridgehead atoms. The molecule has 1 aromatic heterocycles.